The van der Waals surface area contributed by atoms with Crippen molar-refractivity contribution in [3.05, 3.63) is 68.7 Å². The number of anilines is 1. The van der Waals surface area contributed by atoms with E-state index in [2.05, 4.69) is 5.32 Å². The van der Waals surface area contributed by atoms with Crippen LogP contribution in [0.2, 0.25) is 5.02 Å². The van der Waals surface area contributed by atoms with Gasteiger partial charge in [-0.2, -0.15) is 0 Å². The molecule has 2 aromatic carbocycles. The minimum atomic E-state index is -0.622. The van der Waals surface area contributed by atoms with Crippen LogP contribution in [0.4, 0.5) is 16.2 Å². The molecule has 0 spiro atoms. The van der Waals surface area contributed by atoms with Crippen LogP contribution in [0, 0.1) is 17.0 Å². The molecule has 114 valence electrons. The number of ether oxygens (including phenoxy) is 1. The molecular formula is C15H13ClN2O4. The van der Waals surface area contributed by atoms with Gasteiger partial charge in [0.15, 0.2) is 0 Å². The summed E-state index contributed by atoms with van der Waals surface area (Å²) in [7, 11) is 0. The van der Waals surface area contributed by atoms with E-state index in [0.717, 1.165) is 5.56 Å². The zero-order chi connectivity index (χ0) is 16.1. The van der Waals surface area contributed by atoms with Crippen molar-refractivity contribution in [3.8, 4) is 0 Å². The smallest absolute Gasteiger partial charge is 0.411 e. The first kappa shape index (κ1) is 15.8. The molecule has 0 aromatic heterocycles. The fourth-order valence-corrected chi connectivity index (χ4v) is 1.93. The van der Waals surface area contributed by atoms with Crippen LogP contribution in [0.1, 0.15) is 11.1 Å². The van der Waals surface area contributed by atoms with Crippen molar-refractivity contribution in [2.75, 3.05) is 5.32 Å². The lowest BCUT2D eigenvalue weighted by molar-refractivity contribution is -0.384. The van der Waals surface area contributed by atoms with E-state index in [9.17, 15) is 14.9 Å². The summed E-state index contributed by atoms with van der Waals surface area (Å²) in [5, 5.41) is 13.7. The van der Waals surface area contributed by atoms with Crippen molar-refractivity contribution < 1.29 is 14.5 Å². The van der Waals surface area contributed by atoms with Gasteiger partial charge in [-0.15, -0.1) is 0 Å². The highest BCUT2D eigenvalue weighted by atomic mass is 35.5. The van der Waals surface area contributed by atoms with Gasteiger partial charge in [0, 0.05) is 22.8 Å². The van der Waals surface area contributed by atoms with E-state index >= 15 is 0 Å². The van der Waals surface area contributed by atoms with E-state index < -0.39 is 11.0 Å². The van der Waals surface area contributed by atoms with Gasteiger partial charge in [-0.05, 0) is 42.3 Å². The summed E-state index contributed by atoms with van der Waals surface area (Å²) in [6, 6.07) is 11.0. The number of rotatable bonds is 4. The summed E-state index contributed by atoms with van der Waals surface area (Å²) in [5.41, 5.74) is 1.96. The van der Waals surface area contributed by atoms with Crippen LogP contribution in [0.5, 0.6) is 0 Å². The number of nitrogens with one attached hydrogen (secondary N) is 1. The normalized spacial score (nSPS) is 10.1. The minimum Gasteiger partial charge on any atom is -0.444 e. The molecule has 6 nitrogen and oxygen atoms in total. The van der Waals surface area contributed by atoms with Crippen LogP contribution in [-0.2, 0) is 11.3 Å². The van der Waals surface area contributed by atoms with Gasteiger partial charge < -0.3 is 4.74 Å². The summed E-state index contributed by atoms with van der Waals surface area (Å²) in [6.07, 6.45) is -0.622. The molecule has 0 atom stereocenters. The molecule has 2 rings (SSSR count). The molecule has 2 aromatic rings. The number of amides is 1. The molecule has 7 heteroatoms. The van der Waals surface area contributed by atoms with Gasteiger partial charge in [-0.3, -0.25) is 15.4 Å². The van der Waals surface area contributed by atoms with Crippen molar-refractivity contribution in [1.82, 2.24) is 0 Å². The number of halogens is 1. The van der Waals surface area contributed by atoms with Gasteiger partial charge in [-0.25, -0.2) is 4.79 Å². The Hall–Kier alpha value is -2.60. The molecule has 0 unspecified atom stereocenters. The topological polar surface area (TPSA) is 81.5 Å². The zero-order valence-corrected chi connectivity index (χ0v) is 12.5. The van der Waals surface area contributed by atoms with Crippen molar-refractivity contribution >= 4 is 29.1 Å². The van der Waals surface area contributed by atoms with Crippen molar-refractivity contribution in [2.24, 2.45) is 0 Å². The fourth-order valence-electron chi connectivity index (χ4n) is 1.75. The van der Waals surface area contributed by atoms with Crippen LogP contribution in [0.3, 0.4) is 0 Å². The predicted molar refractivity (Wildman–Crippen MR) is 83.1 cm³/mol. The first-order chi connectivity index (χ1) is 10.5. The molecule has 1 amide bonds. The average Bonchev–Trinajstić information content (AvgIpc) is 2.50. The maximum absolute atomic E-state index is 11.7. The lowest BCUT2D eigenvalue weighted by Crippen LogP contribution is -2.14. The van der Waals surface area contributed by atoms with E-state index in [1.165, 1.54) is 24.3 Å². The van der Waals surface area contributed by atoms with Crippen molar-refractivity contribution in [1.29, 1.82) is 0 Å². The molecule has 0 aliphatic heterocycles. The maximum atomic E-state index is 11.7. The number of nitro benzene ring substituents is 1. The molecular weight excluding hydrogens is 308 g/mol. The standard InChI is InChI=1S/C15H13ClN2O4/c1-10-13(16)3-2-4-14(10)17-15(19)22-9-11-5-7-12(8-6-11)18(20)21/h2-8H,9H2,1H3,(H,17,19). The largest absolute Gasteiger partial charge is 0.444 e. The third-order valence-electron chi connectivity index (χ3n) is 3.02. The van der Waals surface area contributed by atoms with E-state index in [-0.39, 0.29) is 12.3 Å². The maximum Gasteiger partial charge on any atom is 0.411 e. The second-order valence-corrected chi connectivity index (χ2v) is 4.94. The van der Waals surface area contributed by atoms with Crippen LogP contribution >= 0.6 is 11.6 Å². The Kier molecular flexibility index (Phi) is 4.95. The Morgan fingerprint density at radius 3 is 2.59 bits per heavy atom. The van der Waals surface area contributed by atoms with Gasteiger partial charge >= 0.3 is 6.09 Å². The summed E-state index contributed by atoms with van der Waals surface area (Å²) in [4.78, 5) is 21.8. The van der Waals surface area contributed by atoms with E-state index in [0.29, 0.717) is 16.3 Å². The van der Waals surface area contributed by atoms with Gasteiger partial charge in [0.25, 0.3) is 5.69 Å². The summed E-state index contributed by atoms with van der Waals surface area (Å²) >= 11 is 5.96. The number of hydrogen-bond acceptors (Lipinski definition) is 4. The first-order valence-corrected chi connectivity index (χ1v) is 6.77. The molecule has 0 bridgehead atoms. The van der Waals surface area contributed by atoms with E-state index in [1.807, 2.05) is 0 Å². The Morgan fingerprint density at radius 2 is 1.95 bits per heavy atom. The van der Waals surface area contributed by atoms with E-state index in [1.54, 1.807) is 25.1 Å². The molecule has 0 aliphatic carbocycles. The number of carbonyl (C=O) groups excluding carboxylic acids is 1. The van der Waals surface area contributed by atoms with Crippen LogP contribution in [0.25, 0.3) is 0 Å². The fraction of sp³-hybridized carbons (Fsp3) is 0.133. The molecule has 0 saturated carbocycles. The summed E-state index contributed by atoms with van der Waals surface area (Å²) in [6.45, 7) is 1.80. The highest BCUT2D eigenvalue weighted by molar-refractivity contribution is 6.31. The second kappa shape index (κ2) is 6.91. The van der Waals surface area contributed by atoms with Gasteiger partial charge in [-0.1, -0.05) is 17.7 Å². The minimum absolute atomic E-state index is 0.0113. The number of carbonyl (C=O) groups is 1. The number of nitrogens with zero attached hydrogens (tertiary/aromatic N) is 1. The van der Waals surface area contributed by atoms with Crippen LogP contribution in [-0.4, -0.2) is 11.0 Å². The monoisotopic (exact) mass is 320 g/mol. The van der Waals surface area contributed by atoms with Gasteiger partial charge in [0.05, 0.1) is 4.92 Å². The highest BCUT2D eigenvalue weighted by Gasteiger charge is 2.09. The number of benzene rings is 2. The third kappa shape index (κ3) is 3.95. The lowest BCUT2D eigenvalue weighted by atomic mass is 10.2. The van der Waals surface area contributed by atoms with Gasteiger partial charge in [0.1, 0.15) is 6.61 Å². The number of hydrogen-bond donors (Lipinski definition) is 1. The second-order valence-electron chi connectivity index (χ2n) is 4.54. The molecule has 0 aliphatic rings. The molecule has 1 N–H and O–H groups in total. The summed E-state index contributed by atoms with van der Waals surface area (Å²) < 4.78 is 5.06. The average molecular weight is 321 g/mol. The quantitative estimate of drug-likeness (QED) is 0.672. The summed E-state index contributed by atoms with van der Waals surface area (Å²) in [5.74, 6) is 0. The highest BCUT2D eigenvalue weighted by Crippen LogP contribution is 2.23. The molecule has 22 heavy (non-hydrogen) atoms. The van der Waals surface area contributed by atoms with Crippen LogP contribution < -0.4 is 5.32 Å². The SMILES string of the molecule is Cc1c(Cl)cccc1NC(=O)OCc1ccc([N+](=O)[O-])cc1. The molecule has 0 heterocycles. The Balaban J connectivity index is 1.92. The van der Waals surface area contributed by atoms with E-state index in [4.69, 9.17) is 16.3 Å². The Labute approximate surface area is 131 Å². The van der Waals surface area contributed by atoms with Crippen LogP contribution in [0.15, 0.2) is 42.5 Å². The predicted octanol–water partition coefficient (Wildman–Crippen LogP) is 4.31. The van der Waals surface area contributed by atoms with Crippen molar-refractivity contribution in [3.63, 3.8) is 0 Å². The molecule has 0 fully saturated rings. The first-order valence-electron chi connectivity index (χ1n) is 6.39. The Bertz CT molecular complexity index is 701. The lowest BCUT2D eigenvalue weighted by Gasteiger charge is -2.10. The number of non-ortho nitro benzene ring substituents is 1. The molecule has 0 saturated heterocycles. The number of nitro groups is 1. The van der Waals surface area contributed by atoms with Crippen molar-refractivity contribution in [2.45, 2.75) is 13.5 Å². The zero-order valence-electron chi connectivity index (χ0n) is 11.7. The molecule has 0 radical (unpaired) electrons. The van der Waals surface area contributed by atoms with Gasteiger partial charge in [0.2, 0.25) is 0 Å². The third-order valence-corrected chi connectivity index (χ3v) is 3.43. The Morgan fingerprint density at radius 1 is 1.27 bits per heavy atom.